The lowest BCUT2D eigenvalue weighted by atomic mass is 10.1. The maximum atomic E-state index is 12.9. The molecule has 0 saturated heterocycles. The summed E-state index contributed by atoms with van der Waals surface area (Å²) in [5.41, 5.74) is 1.86. The van der Waals surface area contributed by atoms with Crippen LogP contribution in [0.25, 0.3) is 10.2 Å². The molecule has 2 radical (unpaired) electrons. The fraction of sp³-hybridized carbons (Fsp3) is 0.292. The van der Waals surface area contributed by atoms with Gasteiger partial charge in [0.2, 0.25) is 13.9 Å². The van der Waals surface area contributed by atoms with Gasteiger partial charge in [-0.2, -0.15) is 11.8 Å². The number of esters is 1. The molecule has 4 aromatic rings. The van der Waals surface area contributed by atoms with Crippen LogP contribution in [0, 0.1) is 3.95 Å². The molecule has 1 atom stereocenters. The molecule has 0 aliphatic carbocycles. The van der Waals surface area contributed by atoms with E-state index < -0.39 is 17.9 Å². The lowest BCUT2D eigenvalue weighted by Crippen LogP contribution is -2.47. The number of rotatable bonds is 13. The van der Waals surface area contributed by atoms with Gasteiger partial charge in [-0.1, -0.05) is 22.4 Å². The van der Waals surface area contributed by atoms with E-state index in [0.29, 0.717) is 21.2 Å². The van der Waals surface area contributed by atoms with Gasteiger partial charge in [-0.05, 0) is 42.0 Å². The van der Waals surface area contributed by atoms with Crippen LogP contribution < -0.4 is 9.47 Å². The van der Waals surface area contributed by atoms with Gasteiger partial charge in [0.25, 0.3) is 5.88 Å². The number of aromatic amines is 1. The van der Waals surface area contributed by atoms with Crippen molar-refractivity contribution < 1.29 is 28.9 Å². The number of hydrogen-bond donors (Lipinski definition) is 2. The maximum Gasteiger partial charge on any atom is 0.328 e. The molecule has 4 rings (SSSR count). The Morgan fingerprint density at radius 2 is 2.13 bits per heavy atom. The number of carbonyl (C=O) groups excluding carboxylic acids is 2. The zero-order chi connectivity index (χ0) is 27.8. The van der Waals surface area contributed by atoms with E-state index in [0.717, 1.165) is 20.6 Å². The van der Waals surface area contributed by atoms with E-state index in [1.807, 2.05) is 30.3 Å². The number of aliphatic hydroxyl groups excluding tert-OH is 1. The number of thiazole rings is 1. The molecule has 0 spiro atoms. The average molecular weight is 585 g/mol. The predicted octanol–water partition coefficient (Wildman–Crippen LogP) is 3.10. The highest BCUT2D eigenvalue weighted by atomic mass is 32.2. The molecule has 202 valence electrons. The van der Waals surface area contributed by atoms with Crippen LogP contribution in [0.4, 0.5) is 0 Å². The van der Waals surface area contributed by atoms with Crippen molar-refractivity contribution in [3.63, 3.8) is 0 Å². The highest BCUT2D eigenvalue weighted by Crippen LogP contribution is 2.27. The normalized spacial score (nSPS) is 11.7. The molecule has 0 aliphatic heterocycles. The van der Waals surface area contributed by atoms with Crippen LogP contribution in [0.5, 0.6) is 17.4 Å². The third-order valence-corrected chi connectivity index (χ3v) is 7.62. The zero-order valence-electron chi connectivity index (χ0n) is 20.8. The third-order valence-electron chi connectivity index (χ3n) is 5.33. The van der Waals surface area contributed by atoms with Gasteiger partial charge in [0, 0.05) is 17.6 Å². The topological polar surface area (TPSA) is 132 Å². The van der Waals surface area contributed by atoms with Crippen LogP contribution in [0.15, 0.2) is 48.7 Å². The number of nitrogens with zero attached hydrogens (tertiary/aromatic N) is 4. The number of thioether (sulfide) groups is 1. The summed E-state index contributed by atoms with van der Waals surface area (Å²) in [6.07, 6.45) is 1.46. The van der Waals surface area contributed by atoms with Crippen LogP contribution in [-0.4, -0.2) is 81.9 Å². The van der Waals surface area contributed by atoms with E-state index in [2.05, 4.69) is 15.3 Å². The Balaban J connectivity index is 1.33. The monoisotopic (exact) mass is 585 g/mol. The summed E-state index contributed by atoms with van der Waals surface area (Å²) in [5.74, 6) is 0.916. The van der Waals surface area contributed by atoms with E-state index >= 15 is 0 Å². The number of H-pyrrole nitrogens is 1. The largest absolute Gasteiger partial charge is 0.491 e. The van der Waals surface area contributed by atoms with E-state index in [1.165, 1.54) is 41.1 Å². The number of hydrogen-bond acceptors (Lipinski definition) is 11. The molecule has 2 heterocycles. The Morgan fingerprint density at radius 3 is 2.92 bits per heavy atom. The van der Waals surface area contributed by atoms with Gasteiger partial charge in [0.15, 0.2) is 3.95 Å². The highest BCUT2D eigenvalue weighted by Gasteiger charge is 2.27. The first-order valence-electron chi connectivity index (χ1n) is 11.6. The lowest BCUT2D eigenvalue weighted by molar-refractivity contribution is -0.148. The Morgan fingerprint density at radius 1 is 1.28 bits per heavy atom. The smallest absolute Gasteiger partial charge is 0.328 e. The number of fused-ring (bicyclic) bond motifs is 1. The van der Waals surface area contributed by atoms with Gasteiger partial charge in [-0.15, -0.1) is 11.3 Å². The molecule has 0 fully saturated rings. The van der Waals surface area contributed by atoms with Crippen molar-refractivity contribution in [1.82, 2.24) is 24.8 Å². The van der Waals surface area contributed by atoms with Gasteiger partial charge in [-0.3, -0.25) is 4.79 Å². The summed E-state index contributed by atoms with van der Waals surface area (Å²) in [4.78, 5) is 29.2. The van der Waals surface area contributed by atoms with E-state index in [-0.39, 0.29) is 31.4 Å². The van der Waals surface area contributed by atoms with Crippen molar-refractivity contribution >= 4 is 65.4 Å². The molecule has 2 N–H and O–H groups in total. The van der Waals surface area contributed by atoms with Crippen LogP contribution in [0.1, 0.15) is 5.56 Å². The van der Waals surface area contributed by atoms with Crippen LogP contribution >= 0.6 is 35.3 Å². The van der Waals surface area contributed by atoms with Crippen molar-refractivity contribution in [3.8, 4) is 17.4 Å². The quantitative estimate of drug-likeness (QED) is 0.137. The lowest BCUT2D eigenvalue weighted by Gasteiger charge is -2.26. The Bertz CT molecular complexity index is 1490. The summed E-state index contributed by atoms with van der Waals surface area (Å²) < 4.78 is 18.9. The molecule has 0 bridgehead atoms. The first-order chi connectivity index (χ1) is 18.9. The number of amides is 1. The van der Waals surface area contributed by atoms with E-state index in [4.69, 9.17) is 39.5 Å². The summed E-state index contributed by atoms with van der Waals surface area (Å²) in [6, 6.07) is 11.8. The fourth-order valence-electron chi connectivity index (χ4n) is 3.48. The molecule has 11 nitrogen and oxygen atoms in total. The maximum absolute atomic E-state index is 12.9. The van der Waals surface area contributed by atoms with Crippen molar-refractivity contribution in [3.05, 3.63) is 58.2 Å². The average Bonchev–Trinajstić information content (AvgIpc) is 3.53. The fourth-order valence-corrected chi connectivity index (χ4v) is 5.68. The number of aliphatic hydroxyl groups is 1. The molecule has 39 heavy (non-hydrogen) atoms. The SMILES string of the molecule is [B]N(C(=O)Cn1cc(Oc2ccc3[nH]c(=S)sc3c2)nn1)[C@@H](CSCc1cccc(OCCO)c1)C(=O)OC. The molecule has 2 aromatic carbocycles. The molecule has 0 unspecified atom stereocenters. The summed E-state index contributed by atoms with van der Waals surface area (Å²) >= 11 is 8.00. The standard InChI is InChI=1S/C24H24BN5O6S3/c1-34-23(33)19(14-38-13-15-3-2-4-16(9-15)35-8-7-31)30(25)22(32)12-29-11-21(27-28-29)36-17-5-6-18-20(10-17)39-24(37)26-18/h2-6,9-11,19,31H,7-8,12-14H2,1H3,(H,26,37)/t19-/m0/s1. The highest BCUT2D eigenvalue weighted by molar-refractivity contribution is 7.98. The number of methoxy groups -OCH3 is 1. The van der Waals surface area contributed by atoms with E-state index in [1.54, 1.807) is 12.1 Å². The summed E-state index contributed by atoms with van der Waals surface area (Å²) in [6.45, 7) is -0.136. The molecular weight excluding hydrogens is 561 g/mol. The first-order valence-corrected chi connectivity index (χ1v) is 14.0. The number of carbonyl (C=O) groups is 2. The van der Waals surface area contributed by atoms with Crippen molar-refractivity contribution in [2.45, 2.75) is 18.3 Å². The molecule has 15 heteroatoms. The number of ether oxygens (including phenoxy) is 3. The Labute approximate surface area is 238 Å². The van der Waals surface area contributed by atoms with Crippen molar-refractivity contribution in [1.29, 1.82) is 0 Å². The minimum absolute atomic E-state index is 0.0790. The predicted molar refractivity (Wildman–Crippen MR) is 151 cm³/mol. The molecule has 2 aromatic heterocycles. The molecule has 0 saturated carbocycles. The van der Waals surface area contributed by atoms with Gasteiger partial charge in [-0.25, -0.2) is 9.48 Å². The second-order valence-corrected chi connectivity index (χ2v) is 10.9. The first kappa shape index (κ1) is 28.6. The Hall–Kier alpha value is -3.40. The van der Waals surface area contributed by atoms with Gasteiger partial charge >= 0.3 is 5.97 Å². The van der Waals surface area contributed by atoms with Crippen molar-refractivity contribution in [2.75, 3.05) is 26.1 Å². The number of benzene rings is 2. The number of nitrogens with one attached hydrogen (secondary N) is 1. The molecule has 0 aliphatic rings. The van der Waals surface area contributed by atoms with Crippen LogP contribution in [0.3, 0.4) is 0 Å². The van der Waals surface area contributed by atoms with E-state index in [9.17, 15) is 9.59 Å². The zero-order valence-corrected chi connectivity index (χ0v) is 23.3. The molecular formula is C24H24BN5O6S3. The minimum atomic E-state index is -1.01. The molecule has 1 amide bonds. The number of aromatic nitrogens is 4. The summed E-state index contributed by atoms with van der Waals surface area (Å²) in [5, 5.41) is 16.8. The van der Waals surface area contributed by atoms with Gasteiger partial charge < -0.3 is 29.1 Å². The second-order valence-electron chi connectivity index (χ2n) is 8.10. The van der Waals surface area contributed by atoms with Gasteiger partial charge in [0.1, 0.15) is 30.7 Å². The van der Waals surface area contributed by atoms with Gasteiger partial charge in [0.05, 0.1) is 30.1 Å². The van der Waals surface area contributed by atoms with Crippen molar-refractivity contribution in [2.24, 2.45) is 0 Å². The minimum Gasteiger partial charge on any atom is -0.491 e. The third kappa shape index (κ3) is 7.82. The summed E-state index contributed by atoms with van der Waals surface area (Å²) in [7, 11) is 7.29. The van der Waals surface area contributed by atoms with Crippen LogP contribution in [-0.2, 0) is 26.6 Å². The second kappa shape index (κ2) is 13.6. The Kier molecular flexibility index (Phi) is 9.98. The van der Waals surface area contributed by atoms with Crippen LogP contribution in [0.2, 0.25) is 0 Å².